The van der Waals surface area contributed by atoms with Gasteiger partial charge in [-0.1, -0.05) is 31.9 Å². The Morgan fingerprint density at radius 2 is 1.79 bits per heavy atom. The molecule has 1 aromatic heterocycles. The number of halogens is 4. The Balaban J connectivity index is 0.00000180. The molecule has 0 aliphatic carbocycles. The van der Waals surface area contributed by atoms with Crippen LogP contribution in [0.4, 0.5) is 13.2 Å². The van der Waals surface area contributed by atoms with Crippen molar-refractivity contribution < 1.29 is 17.9 Å². The van der Waals surface area contributed by atoms with Gasteiger partial charge in [0.05, 0.1) is 10.5 Å². The van der Waals surface area contributed by atoms with Crippen LogP contribution in [0.2, 0.25) is 0 Å². The van der Waals surface area contributed by atoms with Crippen molar-refractivity contribution in [2.24, 2.45) is 0 Å². The van der Waals surface area contributed by atoms with E-state index in [1.165, 1.54) is 0 Å². The van der Waals surface area contributed by atoms with Crippen LogP contribution in [0.3, 0.4) is 0 Å². The summed E-state index contributed by atoms with van der Waals surface area (Å²) in [4.78, 5) is 0.553. The highest BCUT2D eigenvalue weighted by Crippen LogP contribution is 2.51. The molecule has 0 bridgehead atoms. The van der Waals surface area contributed by atoms with E-state index in [0.29, 0.717) is 16.0 Å². The number of thiophene rings is 1. The summed E-state index contributed by atoms with van der Waals surface area (Å²) in [6.45, 7) is 2.06. The zero-order valence-corrected chi connectivity index (χ0v) is 11.5. The van der Waals surface area contributed by atoms with Crippen LogP contribution in [0.5, 0.6) is 0 Å². The number of benzene rings is 1. The van der Waals surface area contributed by atoms with Crippen molar-refractivity contribution in [2.75, 3.05) is 0 Å². The van der Waals surface area contributed by atoms with Gasteiger partial charge in [-0.15, -0.1) is 13.2 Å². The first-order valence-corrected chi connectivity index (χ1v) is 7.37. The molecule has 0 amide bonds. The average Bonchev–Trinajstić information content (AvgIpc) is 2.67. The molecular weight excluding hydrogens is 276 g/mol. The summed E-state index contributed by atoms with van der Waals surface area (Å²) < 4.78 is 40.0. The van der Waals surface area contributed by atoms with E-state index in [9.17, 15) is 13.2 Å². The molecule has 0 saturated heterocycles. The van der Waals surface area contributed by atoms with Crippen molar-refractivity contribution in [2.45, 2.75) is 38.1 Å². The molecule has 1 aromatic carbocycles. The second-order valence-corrected chi connectivity index (χ2v) is 6.40. The fraction of sp³-hybridized carbons (Fsp3) is 0.429. The standard InChI is InChI=1S/C14H16F3S.FH/c1-2-3-4-8-12-10-11-7-5-6-9-13(11)18(12)14(15,16)17;/h5-7,9-10H,2-4,8H2,1H3;1H/q+1;/p-1. The number of hydrogen-bond acceptors (Lipinski definition) is 0. The lowest BCUT2D eigenvalue weighted by molar-refractivity contribution is -0.0867. The zero-order valence-electron chi connectivity index (χ0n) is 10.6. The second-order valence-electron chi connectivity index (χ2n) is 4.36. The molecule has 0 aliphatic heterocycles. The van der Waals surface area contributed by atoms with Crippen molar-refractivity contribution in [1.29, 1.82) is 0 Å². The molecule has 0 N–H and O–H groups in total. The van der Waals surface area contributed by atoms with Gasteiger partial charge in [-0.3, -0.25) is 0 Å². The molecule has 106 valence electrons. The van der Waals surface area contributed by atoms with Crippen LogP contribution >= 0.6 is 10.5 Å². The van der Waals surface area contributed by atoms with Gasteiger partial charge in [0.15, 0.2) is 9.58 Å². The summed E-state index contributed by atoms with van der Waals surface area (Å²) in [5.41, 5.74) is -4.15. The maximum Gasteiger partial charge on any atom is 0.600 e. The highest BCUT2D eigenvalue weighted by atomic mass is 32.2. The fourth-order valence-electron chi connectivity index (χ4n) is 2.16. The van der Waals surface area contributed by atoms with E-state index < -0.39 is 16.0 Å². The molecule has 1 unspecified atom stereocenters. The van der Waals surface area contributed by atoms with Gasteiger partial charge in [0.2, 0.25) is 0 Å². The summed E-state index contributed by atoms with van der Waals surface area (Å²) in [6.07, 6.45) is 3.42. The molecule has 0 radical (unpaired) electrons. The maximum atomic E-state index is 13.2. The quantitative estimate of drug-likeness (QED) is 0.462. The minimum absolute atomic E-state index is 0. The summed E-state index contributed by atoms with van der Waals surface area (Å²) in [6, 6.07) is 8.60. The summed E-state index contributed by atoms with van der Waals surface area (Å²) in [5.74, 6) is 0. The lowest BCUT2D eigenvalue weighted by Gasteiger charge is -2.00. The Kier molecular flexibility index (Phi) is 5.35. The molecule has 2 rings (SSSR count). The van der Waals surface area contributed by atoms with Crippen LogP contribution in [-0.4, -0.2) is 0 Å². The molecule has 1 atom stereocenters. The molecule has 0 saturated carbocycles. The Morgan fingerprint density at radius 1 is 1.11 bits per heavy atom. The van der Waals surface area contributed by atoms with Crippen LogP contribution in [-0.2, 0) is 11.9 Å². The Morgan fingerprint density at radius 3 is 2.42 bits per heavy atom. The number of hydrogen-bond donors (Lipinski definition) is 0. The van der Waals surface area contributed by atoms with E-state index in [4.69, 9.17) is 0 Å². The van der Waals surface area contributed by atoms with Gasteiger partial charge in [-0.25, -0.2) is 0 Å². The van der Waals surface area contributed by atoms with E-state index in [2.05, 4.69) is 6.92 Å². The van der Waals surface area contributed by atoms with Gasteiger partial charge in [-0.05, 0) is 18.6 Å². The molecule has 0 aliphatic rings. The smallest absolute Gasteiger partial charge is 0.600 e. The molecule has 5 heteroatoms. The largest absolute Gasteiger partial charge is 1.00 e. The summed E-state index contributed by atoms with van der Waals surface area (Å²) in [7, 11) is -1.70. The van der Waals surface area contributed by atoms with Gasteiger partial charge in [0, 0.05) is 17.9 Å². The van der Waals surface area contributed by atoms with E-state index in [1.807, 2.05) is 0 Å². The number of alkyl halides is 3. The van der Waals surface area contributed by atoms with Gasteiger partial charge >= 0.3 is 5.51 Å². The monoisotopic (exact) mass is 292 g/mol. The lowest BCUT2D eigenvalue weighted by Crippen LogP contribution is -3.00. The fourth-order valence-corrected chi connectivity index (χ4v) is 4.16. The summed E-state index contributed by atoms with van der Waals surface area (Å²) >= 11 is 0. The number of rotatable bonds is 4. The van der Waals surface area contributed by atoms with Crippen LogP contribution in [0, 0.1) is 0 Å². The second kappa shape index (κ2) is 6.37. The molecular formula is C14H16F4S. The molecule has 19 heavy (non-hydrogen) atoms. The van der Waals surface area contributed by atoms with Gasteiger partial charge < -0.3 is 4.70 Å². The number of aryl methyl sites for hydroxylation is 1. The molecule has 0 nitrogen and oxygen atoms in total. The molecule has 0 fully saturated rings. The van der Waals surface area contributed by atoms with E-state index >= 15 is 0 Å². The van der Waals surface area contributed by atoms with Crippen LogP contribution < -0.4 is 4.70 Å². The van der Waals surface area contributed by atoms with E-state index in [1.54, 1.807) is 30.3 Å². The Labute approximate surface area is 112 Å². The van der Waals surface area contributed by atoms with Crippen molar-refractivity contribution >= 4 is 20.6 Å². The zero-order chi connectivity index (χ0) is 13.2. The highest BCUT2D eigenvalue weighted by molar-refractivity contribution is 7.38. The highest BCUT2D eigenvalue weighted by Gasteiger charge is 2.47. The molecule has 2 aromatic rings. The minimum Gasteiger partial charge on any atom is -1.00 e. The Bertz CT molecular complexity index is 528. The predicted molar refractivity (Wildman–Crippen MR) is 71.0 cm³/mol. The third-order valence-corrected chi connectivity index (χ3v) is 5.10. The first kappa shape index (κ1) is 16.0. The topological polar surface area (TPSA) is 0 Å². The third kappa shape index (κ3) is 3.47. The van der Waals surface area contributed by atoms with Crippen molar-refractivity contribution in [3.8, 4) is 0 Å². The van der Waals surface area contributed by atoms with E-state index in [-0.39, 0.29) is 4.70 Å². The third-order valence-electron chi connectivity index (χ3n) is 2.98. The molecule has 1 heterocycles. The number of unbranched alkanes of at least 4 members (excludes halogenated alkanes) is 2. The van der Waals surface area contributed by atoms with Crippen LogP contribution in [0.15, 0.2) is 30.3 Å². The van der Waals surface area contributed by atoms with Gasteiger partial charge in [0.1, 0.15) is 0 Å². The number of fused-ring (bicyclic) bond motifs is 1. The van der Waals surface area contributed by atoms with Crippen molar-refractivity contribution in [3.05, 3.63) is 35.2 Å². The lowest BCUT2D eigenvalue weighted by atomic mass is 10.1. The normalized spacial score (nSPS) is 12.5. The van der Waals surface area contributed by atoms with Crippen LogP contribution in [0.1, 0.15) is 31.1 Å². The summed E-state index contributed by atoms with van der Waals surface area (Å²) in [5, 5.41) is 0.740. The van der Waals surface area contributed by atoms with Crippen molar-refractivity contribution in [3.63, 3.8) is 0 Å². The predicted octanol–water partition coefficient (Wildman–Crippen LogP) is 2.80. The van der Waals surface area contributed by atoms with Crippen molar-refractivity contribution in [1.82, 2.24) is 0 Å². The van der Waals surface area contributed by atoms with Gasteiger partial charge in [0.25, 0.3) is 0 Å². The van der Waals surface area contributed by atoms with Gasteiger partial charge in [-0.2, -0.15) is 0 Å². The van der Waals surface area contributed by atoms with E-state index in [0.717, 1.165) is 24.6 Å². The van der Waals surface area contributed by atoms with Crippen LogP contribution in [0.25, 0.3) is 10.1 Å². The first-order valence-electron chi connectivity index (χ1n) is 6.14. The first-order chi connectivity index (χ1) is 8.54. The minimum atomic E-state index is -4.15. The molecule has 0 spiro atoms. The average molecular weight is 292 g/mol. The SMILES string of the molecule is CCCCCc1cc2ccccc2[s+]1C(F)(F)F.[F-]. The maximum absolute atomic E-state index is 13.2. The Hall–Kier alpha value is -1.10.